The molecule has 132 valence electrons. The lowest BCUT2D eigenvalue weighted by molar-refractivity contribution is -0.124. The number of nitrogens with two attached hydrogens (primary N) is 1. The summed E-state index contributed by atoms with van der Waals surface area (Å²) in [6, 6.07) is 7.24. The lowest BCUT2D eigenvalue weighted by atomic mass is 9.87. The van der Waals surface area contributed by atoms with E-state index in [0.717, 1.165) is 5.75 Å². The molecule has 0 heterocycles. The summed E-state index contributed by atoms with van der Waals surface area (Å²) < 4.78 is 10.5. The third-order valence-electron chi connectivity index (χ3n) is 3.29. The lowest BCUT2D eigenvalue weighted by Crippen LogP contribution is -2.48. The maximum Gasteiger partial charge on any atom is 0.239 e. The van der Waals surface area contributed by atoms with E-state index in [1.165, 1.54) is 12.7 Å². The first-order valence-electron chi connectivity index (χ1n) is 7.52. The van der Waals surface area contributed by atoms with Crippen LogP contribution in [0.15, 0.2) is 24.3 Å². The van der Waals surface area contributed by atoms with Gasteiger partial charge < -0.3 is 20.5 Å². The fourth-order valence-corrected chi connectivity index (χ4v) is 1.92. The predicted molar refractivity (Wildman–Crippen MR) is 95.3 cm³/mol. The van der Waals surface area contributed by atoms with E-state index in [2.05, 4.69) is 38.2 Å². The van der Waals surface area contributed by atoms with Gasteiger partial charge in [-0.05, 0) is 30.0 Å². The molecule has 1 rings (SSSR count). The monoisotopic (exact) mass is 344 g/mol. The first-order valence-corrected chi connectivity index (χ1v) is 7.52. The van der Waals surface area contributed by atoms with Gasteiger partial charge in [0.15, 0.2) is 0 Å². The van der Waals surface area contributed by atoms with Crippen molar-refractivity contribution < 1.29 is 14.3 Å². The molecule has 2 atom stereocenters. The molecule has 0 aliphatic carbocycles. The zero-order chi connectivity index (χ0) is 16.8. The number of halogens is 1. The summed E-state index contributed by atoms with van der Waals surface area (Å²) in [5, 5.41) is 2.80. The Morgan fingerprint density at radius 1 is 1.22 bits per heavy atom. The average Bonchev–Trinajstić information content (AvgIpc) is 2.45. The molecule has 23 heavy (non-hydrogen) atoms. The smallest absolute Gasteiger partial charge is 0.239 e. The standard InChI is InChI=1S/C17H28N2O3.ClH/c1-12(19-16(20)15(18)11-21-5)10-22-14-8-6-13(7-9-14)17(2,3)4;/h6-9,12,15H,10-11,18H2,1-5H3,(H,19,20);1H. The largest absolute Gasteiger partial charge is 0.491 e. The van der Waals surface area contributed by atoms with Crippen LogP contribution in [-0.2, 0) is 14.9 Å². The first-order chi connectivity index (χ1) is 10.2. The van der Waals surface area contributed by atoms with Crippen LogP contribution in [0, 0.1) is 0 Å². The molecule has 5 nitrogen and oxygen atoms in total. The number of benzene rings is 1. The fraction of sp³-hybridized carbons (Fsp3) is 0.588. The van der Waals surface area contributed by atoms with Crippen molar-refractivity contribution >= 4 is 18.3 Å². The van der Waals surface area contributed by atoms with Crippen molar-refractivity contribution in [2.24, 2.45) is 5.73 Å². The molecule has 1 amide bonds. The van der Waals surface area contributed by atoms with Gasteiger partial charge in [-0.3, -0.25) is 4.79 Å². The summed E-state index contributed by atoms with van der Waals surface area (Å²) in [4.78, 5) is 11.7. The van der Waals surface area contributed by atoms with Crippen LogP contribution in [-0.4, -0.2) is 38.3 Å². The molecule has 2 unspecified atom stereocenters. The number of ether oxygens (including phenoxy) is 2. The highest BCUT2D eigenvalue weighted by molar-refractivity contribution is 5.85. The van der Waals surface area contributed by atoms with Crippen molar-refractivity contribution in [3.63, 3.8) is 0 Å². The molecule has 0 aliphatic rings. The molecule has 0 spiro atoms. The van der Waals surface area contributed by atoms with Gasteiger partial charge in [-0.2, -0.15) is 0 Å². The zero-order valence-corrected chi connectivity index (χ0v) is 15.4. The molecule has 1 aromatic rings. The van der Waals surface area contributed by atoms with Crippen molar-refractivity contribution in [1.29, 1.82) is 0 Å². The summed E-state index contributed by atoms with van der Waals surface area (Å²) in [6.45, 7) is 8.98. The number of carbonyl (C=O) groups is 1. The molecule has 0 saturated heterocycles. The second kappa shape index (κ2) is 9.75. The minimum absolute atomic E-state index is 0. The van der Waals surface area contributed by atoms with Gasteiger partial charge in [-0.1, -0.05) is 32.9 Å². The number of carbonyl (C=O) groups excluding carboxylic acids is 1. The number of hydrogen-bond acceptors (Lipinski definition) is 4. The van der Waals surface area contributed by atoms with Crippen molar-refractivity contribution in [1.82, 2.24) is 5.32 Å². The van der Waals surface area contributed by atoms with Crippen molar-refractivity contribution in [3.8, 4) is 5.75 Å². The zero-order valence-electron chi connectivity index (χ0n) is 14.6. The Balaban J connectivity index is 0.00000484. The van der Waals surface area contributed by atoms with E-state index in [1.54, 1.807) is 0 Å². The second-order valence-electron chi connectivity index (χ2n) is 6.56. The normalized spacial score (nSPS) is 13.7. The van der Waals surface area contributed by atoms with Gasteiger partial charge in [-0.25, -0.2) is 0 Å². The van der Waals surface area contributed by atoms with E-state index in [-0.39, 0.29) is 36.4 Å². The molecule has 0 fully saturated rings. The minimum Gasteiger partial charge on any atom is -0.491 e. The van der Waals surface area contributed by atoms with Gasteiger partial charge in [0.05, 0.1) is 12.6 Å². The summed E-state index contributed by atoms with van der Waals surface area (Å²) in [6.07, 6.45) is 0. The van der Waals surface area contributed by atoms with Gasteiger partial charge in [0.25, 0.3) is 0 Å². The quantitative estimate of drug-likeness (QED) is 0.795. The number of rotatable bonds is 7. The Morgan fingerprint density at radius 2 is 1.78 bits per heavy atom. The molecule has 0 aromatic heterocycles. The van der Waals surface area contributed by atoms with Crippen LogP contribution in [0.25, 0.3) is 0 Å². The van der Waals surface area contributed by atoms with Gasteiger partial charge in [0.1, 0.15) is 18.4 Å². The molecule has 3 N–H and O–H groups in total. The molecule has 0 saturated carbocycles. The lowest BCUT2D eigenvalue weighted by Gasteiger charge is -2.20. The molecule has 0 bridgehead atoms. The van der Waals surface area contributed by atoms with Gasteiger partial charge in [-0.15, -0.1) is 12.4 Å². The van der Waals surface area contributed by atoms with E-state index < -0.39 is 6.04 Å². The molecule has 0 radical (unpaired) electrons. The maximum atomic E-state index is 11.7. The van der Waals surface area contributed by atoms with Crippen molar-refractivity contribution in [3.05, 3.63) is 29.8 Å². The molecule has 0 aliphatic heterocycles. The van der Waals surface area contributed by atoms with Crippen LogP contribution in [0.5, 0.6) is 5.75 Å². The Hall–Kier alpha value is -1.30. The molecule has 6 heteroatoms. The van der Waals surface area contributed by atoms with E-state index >= 15 is 0 Å². The SMILES string of the molecule is COCC(N)C(=O)NC(C)COc1ccc(C(C)(C)C)cc1.Cl. The van der Waals surface area contributed by atoms with E-state index in [9.17, 15) is 4.79 Å². The summed E-state index contributed by atoms with van der Waals surface area (Å²) in [7, 11) is 1.51. The summed E-state index contributed by atoms with van der Waals surface area (Å²) in [5.74, 6) is 0.552. The average molecular weight is 345 g/mol. The van der Waals surface area contributed by atoms with Crippen LogP contribution in [0.2, 0.25) is 0 Å². The topological polar surface area (TPSA) is 73.6 Å². The van der Waals surface area contributed by atoms with E-state index in [0.29, 0.717) is 6.61 Å². The highest BCUT2D eigenvalue weighted by Crippen LogP contribution is 2.24. The second-order valence-corrected chi connectivity index (χ2v) is 6.56. The van der Waals surface area contributed by atoms with Crippen LogP contribution in [0.4, 0.5) is 0 Å². The van der Waals surface area contributed by atoms with Crippen LogP contribution >= 0.6 is 12.4 Å². The van der Waals surface area contributed by atoms with E-state index in [1.807, 2.05) is 19.1 Å². The highest BCUT2D eigenvalue weighted by Gasteiger charge is 2.16. The number of methoxy groups -OCH3 is 1. The predicted octanol–water partition coefficient (Wildman–Crippen LogP) is 2.26. The third kappa shape index (κ3) is 7.68. The molecular weight excluding hydrogens is 316 g/mol. The number of amides is 1. The first kappa shape index (κ1) is 21.7. The number of nitrogens with one attached hydrogen (secondary N) is 1. The molecule has 1 aromatic carbocycles. The number of hydrogen-bond donors (Lipinski definition) is 2. The van der Waals surface area contributed by atoms with Crippen molar-refractivity contribution in [2.75, 3.05) is 20.3 Å². The Labute approximate surface area is 145 Å². The van der Waals surface area contributed by atoms with E-state index in [4.69, 9.17) is 15.2 Å². The minimum atomic E-state index is -0.654. The van der Waals surface area contributed by atoms with Crippen LogP contribution < -0.4 is 15.8 Å². The fourth-order valence-electron chi connectivity index (χ4n) is 1.92. The molecular formula is C17H29ClN2O3. The third-order valence-corrected chi connectivity index (χ3v) is 3.29. The van der Waals surface area contributed by atoms with Gasteiger partial charge in [0, 0.05) is 7.11 Å². The van der Waals surface area contributed by atoms with Gasteiger partial charge in [0.2, 0.25) is 5.91 Å². The highest BCUT2D eigenvalue weighted by atomic mass is 35.5. The van der Waals surface area contributed by atoms with Crippen molar-refractivity contribution in [2.45, 2.75) is 45.2 Å². The summed E-state index contributed by atoms with van der Waals surface area (Å²) in [5.41, 5.74) is 7.04. The van der Waals surface area contributed by atoms with Gasteiger partial charge >= 0.3 is 0 Å². The van der Waals surface area contributed by atoms with Crippen LogP contribution in [0.3, 0.4) is 0 Å². The maximum absolute atomic E-state index is 11.7. The Morgan fingerprint density at radius 3 is 2.26 bits per heavy atom. The summed E-state index contributed by atoms with van der Waals surface area (Å²) >= 11 is 0. The Kier molecular flexibility index (Phi) is 9.20. The Bertz CT molecular complexity index is 472. The van der Waals surface area contributed by atoms with Crippen LogP contribution in [0.1, 0.15) is 33.3 Å².